The first-order valence-electron chi connectivity index (χ1n) is 31.8. The van der Waals surface area contributed by atoms with Crippen molar-refractivity contribution in [2.45, 2.75) is 220 Å². The van der Waals surface area contributed by atoms with Crippen LogP contribution in [0.3, 0.4) is 0 Å². The van der Waals surface area contributed by atoms with Gasteiger partial charge in [0.15, 0.2) is 11.5 Å². The normalized spacial score (nSPS) is 14.4. The van der Waals surface area contributed by atoms with Gasteiger partial charge in [-0.25, -0.2) is 0 Å². The monoisotopic (exact) mass is 1290 g/mol. The third-order valence-corrected chi connectivity index (χ3v) is 24.3. The molecule has 458 valence electrons. The van der Waals surface area contributed by atoms with Gasteiger partial charge in [0.25, 0.3) is 11.8 Å². The Morgan fingerprint density at radius 1 is 0.369 bits per heavy atom. The van der Waals surface area contributed by atoms with E-state index in [0.717, 1.165) is 59.5 Å². The molecule has 0 radical (unpaired) electrons. The molecular weight excluding hydrogens is 1190 g/mol. The summed E-state index contributed by atoms with van der Waals surface area (Å²) in [6.45, 7) is 9.23. The Morgan fingerprint density at radius 2 is 0.702 bits per heavy atom. The molecule has 0 aromatic heterocycles. The van der Waals surface area contributed by atoms with Gasteiger partial charge in [0.2, 0.25) is 5.75 Å². The zero-order chi connectivity index (χ0) is 58.9. The van der Waals surface area contributed by atoms with Crippen LogP contribution < -0.4 is 24.8 Å². The van der Waals surface area contributed by atoms with E-state index in [1.54, 1.807) is 94.1 Å². The minimum absolute atomic E-state index is 0.213. The Bertz CT molecular complexity index is 2490. The second kappa shape index (κ2) is 44.6. The highest BCUT2D eigenvalue weighted by Gasteiger charge is 2.22. The van der Waals surface area contributed by atoms with Gasteiger partial charge in [-0.1, -0.05) is 312 Å². The number of allylic oxidation sites excluding steroid dienone is 2. The van der Waals surface area contributed by atoms with E-state index in [2.05, 4.69) is 87.5 Å². The fourth-order valence-electron chi connectivity index (χ4n) is 9.64. The molecule has 0 spiro atoms. The summed E-state index contributed by atoms with van der Waals surface area (Å²) in [4.78, 5) is 30.0. The fraction of sp³-hybridized carbons (Fsp3) is 0.565. The average molecular weight is 1290 g/mol. The molecule has 4 aliphatic rings. The van der Waals surface area contributed by atoms with Crippen LogP contribution in [0.25, 0.3) is 0 Å². The number of carbonyl (C=O) groups is 2. The third-order valence-electron chi connectivity index (χ3n) is 14.4. The fourth-order valence-corrected chi connectivity index (χ4v) is 18.2. The summed E-state index contributed by atoms with van der Waals surface area (Å²) in [5.74, 6) is 14.7. The molecule has 6 rings (SSSR count). The summed E-state index contributed by atoms with van der Waals surface area (Å²) >= 11 is 13.8. The van der Waals surface area contributed by atoms with Gasteiger partial charge in [-0.05, 0) is 88.5 Å². The molecule has 4 aliphatic heterocycles. The van der Waals surface area contributed by atoms with Crippen molar-refractivity contribution in [3.05, 3.63) is 112 Å². The summed E-state index contributed by atoms with van der Waals surface area (Å²) in [6, 6.07) is 9.33. The van der Waals surface area contributed by atoms with E-state index in [9.17, 15) is 9.59 Å². The summed E-state index contributed by atoms with van der Waals surface area (Å²) in [5, 5.41) is 18.9. The molecule has 2 aromatic carbocycles. The van der Waals surface area contributed by atoms with Crippen LogP contribution in [0.1, 0.15) is 252 Å². The minimum atomic E-state index is -0.214. The third kappa shape index (κ3) is 28.5. The highest BCUT2D eigenvalue weighted by atomic mass is 32.2. The van der Waals surface area contributed by atoms with Crippen molar-refractivity contribution in [2.24, 2.45) is 0 Å². The first-order chi connectivity index (χ1) is 41.4. The molecule has 4 heterocycles. The summed E-state index contributed by atoms with van der Waals surface area (Å²) < 4.78 is 24.8. The number of nitrogens with one attached hydrogen (secondary N) is 2. The molecule has 84 heavy (non-hydrogen) atoms. The van der Waals surface area contributed by atoms with Gasteiger partial charge in [-0.3, -0.25) is 9.59 Å². The molecule has 0 aliphatic carbocycles. The first-order valence-corrected chi connectivity index (χ1v) is 38.7. The highest BCUT2D eigenvalue weighted by molar-refractivity contribution is 8.34. The Balaban J connectivity index is 1.08. The van der Waals surface area contributed by atoms with Gasteiger partial charge in [0, 0.05) is 35.3 Å². The first kappa shape index (κ1) is 70.2. The van der Waals surface area contributed by atoms with E-state index < -0.39 is 0 Å². The smallest absolute Gasteiger partial charge is 0.251 e. The van der Waals surface area contributed by atoms with E-state index in [1.807, 2.05) is 30.3 Å². The molecule has 0 fully saturated rings. The molecule has 0 bridgehead atoms. The lowest BCUT2D eigenvalue weighted by Crippen LogP contribution is -2.30. The number of thioether (sulfide) groups is 8. The number of hydrogen-bond acceptors (Lipinski definition) is 13. The van der Waals surface area contributed by atoms with Crippen LogP contribution in [-0.4, -0.2) is 44.7 Å². The number of hydrogen-bond donors (Lipinski definition) is 2. The SMILES string of the molecule is CCCCCCCCCCCCOc1cc(C(=O)NCCCNC(=O)c2cc(C#CC3=CSC(=C4SC=CS4)S3)cc(C#CC3=CSC(=C4SC=CS4)S3)c2)cc(OCCCCCCCCCCCC)c1OCCCCCCCCCCCC. The quantitative estimate of drug-likeness (QED) is 0.0489. The Hall–Kier alpha value is -2.86. The lowest BCUT2D eigenvalue weighted by molar-refractivity contribution is 0.0950. The maximum atomic E-state index is 14.1. The van der Waals surface area contributed by atoms with Gasteiger partial charge in [0.05, 0.1) is 46.6 Å². The summed E-state index contributed by atoms with van der Waals surface area (Å²) in [7, 11) is 0. The molecule has 0 saturated heterocycles. The molecule has 15 heteroatoms. The van der Waals surface area contributed by atoms with Crippen molar-refractivity contribution in [3.8, 4) is 40.9 Å². The van der Waals surface area contributed by atoms with Crippen molar-refractivity contribution in [2.75, 3.05) is 32.9 Å². The molecule has 0 atom stereocenters. The van der Waals surface area contributed by atoms with E-state index in [0.29, 0.717) is 67.7 Å². The summed E-state index contributed by atoms with van der Waals surface area (Å²) in [6.07, 6.45) is 38.0. The topological polar surface area (TPSA) is 85.9 Å². The van der Waals surface area contributed by atoms with Crippen LogP contribution in [0.5, 0.6) is 17.2 Å². The molecular formula is C69H94N2O5S8. The Morgan fingerprint density at radius 3 is 1.07 bits per heavy atom. The zero-order valence-corrected chi connectivity index (χ0v) is 57.1. The molecule has 7 nitrogen and oxygen atoms in total. The zero-order valence-electron chi connectivity index (χ0n) is 50.6. The number of amides is 2. The maximum absolute atomic E-state index is 14.1. The summed E-state index contributed by atoms with van der Waals surface area (Å²) in [5.41, 5.74) is 2.42. The molecule has 2 aromatic rings. The van der Waals surface area contributed by atoms with Crippen molar-refractivity contribution >= 4 is 106 Å². The Labute approximate surface area is 541 Å². The standard InChI is InChI=1S/C69H94N2O5S8/c1-4-7-10-13-16-19-22-25-28-31-41-74-61-51-58(52-62(75-42-32-29-26-23-20-17-14-11-8-5-2)63(61)76-43-33-30-27-24-21-18-15-12-9-6-3)65(73)71-40-34-39-70-64(72)57-49-55(35-37-59-53-81-68(83-59)66-77-44-45-78-66)48-56(50-57)36-38-60-54-82-69(84-60)67-79-46-47-80-67/h44-54H,4-34,39-43H2,1-3H3,(H,70,72)(H,71,73). The average Bonchev–Trinajstić information content (AvgIpc) is 4.00. The van der Waals surface area contributed by atoms with E-state index >= 15 is 0 Å². The molecule has 2 amide bonds. The second-order valence-corrected chi connectivity index (χ2v) is 30.2. The van der Waals surface area contributed by atoms with Gasteiger partial charge >= 0.3 is 0 Å². The van der Waals surface area contributed by atoms with Crippen LogP contribution in [0.15, 0.2) is 89.5 Å². The van der Waals surface area contributed by atoms with Crippen molar-refractivity contribution < 1.29 is 23.8 Å². The van der Waals surface area contributed by atoms with Crippen LogP contribution in [-0.2, 0) is 0 Å². The van der Waals surface area contributed by atoms with Crippen LogP contribution in [0.4, 0.5) is 0 Å². The van der Waals surface area contributed by atoms with Crippen molar-refractivity contribution in [1.82, 2.24) is 10.6 Å². The van der Waals surface area contributed by atoms with Crippen LogP contribution in [0, 0.1) is 23.7 Å². The lowest BCUT2D eigenvalue weighted by Gasteiger charge is -2.19. The molecule has 0 saturated carbocycles. The Kier molecular flexibility index (Phi) is 37.3. The predicted octanol–water partition coefficient (Wildman–Crippen LogP) is 22.6. The lowest BCUT2D eigenvalue weighted by atomic mass is 10.1. The second-order valence-electron chi connectivity index (χ2n) is 21.6. The van der Waals surface area contributed by atoms with Gasteiger partial charge < -0.3 is 24.8 Å². The largest absolute Gasteiger partial charge is 0.490 e. The van der Waals surface area contributed by atoms with Crippen molar-refractivity contribution in [3.63, 3.8) is 0 Å². The number of carbonyl (C=O) groups excluding carboxylic acids is 2. The molecule has 0 unspecified atom stereocenters. The van der Waals surface area contributed by atoms with Gasteiger partial charge in [-0.15, -0.1) is 0 Å². The minimum Gasteiger partial charge on any atom is -0.490 e. The van der Waals surface area contributed by atoms with Gasteiger partial charge in [-0.2, -0.15) is 0 Å². The maximum Gasteiger partial charge on any atom is 0.251 e. The highest BCUT2D eigenvalue weighted by Crippen LogP contribution is 2.54. The van der Waals surface area contributed by atoms with Crippen molar-refractivity contribution in [1.29, 1.82) is 0 Å². The number of ether oxygens (including phenoxy) is 3. The van der Waals surface area contributed by atoms with Crippen LogP contribution in [0.2, 0.25) is 0 Å². The van der Waals surface area contributed by atoms with Crippen LogP contribution >= 0.6 is 94.1 Å². The number of unbranched alkanes of at least 4 members (excludes halogenated alkanes) is 27. The van der Waals surface area contributed by atoms with E-state index in [-0.39, 0.29) is 11.8 Å². The molecule has 2 N–H and O–H groups in total. The van der Waals surface area contributed by atoms with Gasteiger partial charge in [0.1, 0.15) is 0 Å². The number of rotatable bonds is 42. The van der Waals surface area contributed by atoms with E-state index in [1.165, 1.54) is 171 Å². The predicted molar refractivity (Wildman–Crippen MR) is 377 cm³/mol. The van der Waals surface area contributed by atoms with E-state index in [4.69, 9.17) is 14.2 Å². The number of benzene rings is 2.